The third-order valence-electron chi connectivity index (χ3n) is 3.46. The molecule has 104 valence electrons. The second kappa shape index (κ2) is 5.98. The van der Waals surface area contributed by atoms with Crippen LogP contribution < -0.4 is 10.5 Å². The topological polar surface area (TPSA) is 72.2 Å². The Kier molecular flexibility index (Phi) is 4.54. The Morgan fingerprint density at radius 3 is 2.37 bits per heavy atom. The summed E-state index contributed by atoms with van der Waals surface area (Å²) in [6, 6.07) is 7.29. The fourth-order valence-electron chi connectivity index (χ4n) is 2.29. The van der Waals surface area contributed by atoms with Gasteiger partial charge < -0.3 is 5.73 Å². The smallest absolute Gasteiger partial charge is 0.214 e. The molecule has 1 saturated carbocycles. The molecule has 1 aromatic carbocycles. The SMILES string of the molecule is NC(=S)c1ccc(CNS(=O)(=O)C2CCCC2)cc1. The largest absolute Gasteiger partial charge is 0.389 e. The number of sulfonamides is 1. The Hall–Kier alpha value is -0.980. The quantitative estimate of drug-likeness (QED) is 0.811. The summed E-state index contributed by atoms with van der Waals surface area (Å²) in [6.45, 7) is 0.316. The highest BCUT2D eigenvalue weighted by atomic mass is 32.2. The normalized spacial score (nSPS) is 16.6. The van der Waals surface area contributed by atoms with E-state index in [1.54, 1.807) is 0 Å². The van der Waals surface area contributed by atoms with Crippen LogP contribution in [0.3, 0.4) is 0 Å². The molecule has 4 nitrogen and oxygen atoms in total. The van der Waals surface area contributed by atoms with Crippen LogP contribution in [0, 0.1) is 0 Å². The second-order valence-corrected chi connectivity index (χ2v) is 7.32. The fraction of sp³-hybridized carbons (Fsp3) is 0.462. The molecule has 1 aliphatic rings. The molecule has 0 aliphatic heterocycles. The lowest BCUT2D eigenvalue weighted by molar-refractivity contribution is 0.564. The van der Waals surface area contributed by atoms with E-state index in [-0.39, 0.29) is 5.25 Å². The monoisotopic (exact) mass is 298 g/mol. The van der Waals surface area contributed by atoms with E-state index in [9.17, 15) is 8.42 Å². The van der Waals surface area contributed by atoms with Crippen molar-refractivity contribution in [1.29, 1.82) is 0 Å². The van der Waals surface area contributed by atoms with Gasteiger partial charge in [0.25, 0.3) is 0 Å². The van der Waals surface area contributed by atoms with Gasteiger partial charge in [0.15, 0.2) is 0 Å². The van der Waals surface area contributed by atoms with E-state index in [4.69, 9.17) is 18.0 Å². The Bertz CT molecular complexity index is 547. The summed E-state index contributed by atoms with van der Waals surface area (Å²) in [7, 11) is -3.19. The lowest BCUT2D eigenvalue weighted by Gasteiger charge is -2.12. The van der Waals surface area contributed by atoms with Gasteiger partial charge in [-0.05, 0) is 18.4 Å². The maximum Gasteiger partial charge on any atom is 0.214 e. The number of hydrogen-bond acceptors (Lipinski definition) is 3. The van der Waals surface area contributed by atoms with E-state index in [1.165, 1.54) is 0 Å². The molecule has 1 aliphatic carbocycles. The molecular formula is C13H18N2O2S2. The summed E-state index contributed by atoms with van der Waals surface area (Å²) in [5.74, 6) is 0. The molecule has 0 radical (unpaired) electrons. The van der Waals surface area contributed by atoms with E-state index < -0.39 is 10.0 Å². The van der Waals surface area contributed by atoms with Crippen molar-refractivity contribution in [3.8, 4) is 0 Å². The maximum atomic E-state index is 12.0. The van der Waals surface area contributed by atoms with Crippen molar-refractivity contribution in [1.82, 2.24) is 4.72 Å². The zero-order chi connectivity index (χ0) is 13.9. The summed E-state index contributed by atoms with van der Waals surface area (Å²) in [4.78, 5) is 0.345. The number of nitrogens with one attached hydrogen (secondary N) is 1. The minimum Gasteiger partial charge on any atom is -0.389 e. The van der Waals surface area contributed by atoms with Crippen LogP contribution in [0.4, 0.5) is 0 Å². The summed E-state index contributed by atoms with van der Waals surface area (Å²) in [5.41, 5.74) is 7.20. The average molecular weight is 298 g/mol. The summed E-state index contributed by atoms with van der Waals surface area (Å²) in [6.07, 6.45) is 3.56. The molecule has 0 bridgehead atoms. The van der Waals surface area contributed by atoms with Crippen LogP contribution in [-0.2, 0) is 16.6 Å². The summed E-state index contributed by atoms with van der Waals surface area (Å²) >= 11 is 4.87. The zero-order valence-electron chi connectivity index (χ0n) is 10.6. The summed E-state index contributed by atoms with van der Waals surface area (Å²) in [5, 5.41) is -0.219. The van der Waals surface area contributed by atoms with E-state index in [1.807, 2.05) is 24.3 Å². The van der Waals surface area contributed by atoms with Gasteiger partial charge in [-0.1, -0.05) is 49.3 Å². The number of hydrogen-bond donors (Lipinski definition) is 2. The Labute approximate surface area is 119 Å². The van der Waals surface area contributed by atoms with Crippen molar-refractivity contribution in [2.24, 2.45) is 5.73 Å². The molecule has 0 aromatic heterocycles. The number of rotatable bonds is 5. The fourth-order valence-corrected chi connectivity index (χ4v) is 3.98. The van der Waals surface area contributed by atoms with Crippen molar-refractivity contribution in [3.05, 3.63) is 35.4 Å². The lowest BCUT2D eigenvalue weighted by atomic mass is 10.1. The van der Waals surface area contributed by atoms with Crippen LogP contribution in [0.25, 0.3) is 0 Å². The minimum atomic E-state index is -3.19. The van der Waals surface area contributed by atoms with Gasteiger partial charge in [-0.2, -0.15) is 0 Å². The highest BCUT2D eigenvalue weighted by molar-refractivity contribution is 7.90. The molecule has 0 unspecified atom stereocenters. The first-order chi connectivity index (χ1) is 8.99. The van der Waals surface area contributed by atoms with E-state index in [2.05, 4.69) is 4.72 Å². The molecule has 3 N–H and O–H groups in total. The van der Waals surface area contributed by atoms with Gasteiger partial charge in [0.1, 0.15) is 4.99 Å². The van der Waals surface area contributed by atoms with Gasteiger partial charge >= 0.3 is 0 Å². The van der Waals surface area contributed by atoms with Crippen molar-refractivity contribution in [3.63, 3.8) is 0 Å². The molecule has 0 spiro atoms. The van der Waals surface area contributed by atoms with Crippen molar-refractivity contribution in [2.45, 2.75) is 37.5 Å². The third kappa shape index (κ3) is 3.75. The lowest BCUT2D eigenvalue weighted by Crippen LogP contribution is -2.32. The van der Waals surface area contributed by atoms with Gasteiger partial charge in [0, 0.05) is 12.1 Å². The van der Waals surface area contributed by atoms with E-state index in [0.29, 0.717) is 11.5 Å². The van der Waals surface area contributed by atoms with Crippen molar-refractivity contribution >= 4 is 27.2 Å². The first-order valence-corrected chi connectivity index (χ1v) is 8.32. The summed E-state index contributed by atoms with van der Waals surface area (Å²) < 4.78 is 26.7. The predicted molar refractivity (Wildman–Crippen MR) is 80.3 cm³/mol. The Balaban J connectivity index is 1.96. The Morgan fingerprint density at radius 1 is 1.26 bits per heavy atom. The van der Waals surface area contributed by atoms with Crippen LogP contribution >= 0.6 is 12.2 Å². The first kappa shape index (κ1) is 14.4. The van der Waals surface area contributed by atoms with Gasteiger partial charge in [-0.15, -0.1) is 0 Å². The van der Waals surface area contributed by atoms with Crippen LogP contribution in [0.1, 0.15) is 36.8 Å². The van der Waals surface area contributed by atoms with Crippen molar-refractivity contribution < 1.29 is 8.42 Å². The molecule has 19 heavy (non-hydrogen) atoms. The molecule has 0 atom stereocenters. The maximum absolute atomic E-state index is 12.0. The number of benzene rings is 1. The molecule has 1 fully saturated rings. The van der Waals surface area contributed by atoms with E-state index in [0.717, 1.165) is 36.8 Å². The molecule has 6 heteroatoms. The average Bonchev–Trinajstić information content (AvgIpc) is 2.91. The number of nitrogens with two attached hydrogens (primary N) is 1. The highest BCUT2D eigenvalue weighted by Gasteiger charge is 2.28. The van der Waals surface area contributed by atoms with Crippen LogP contribution in [-0.4, -0.2) is 18.7 Å². The standard InChI is InChI=1S/C13H18N2O2S2/c14-13(18)11-7-5-10(6-8-11)9-15-19(16,17)12-3-1-2-4-12/h5-8,12,15H,1-4,9H2,(H2,14,18). The van der Waals surface area contributed by atoms with Gasteiger partial charge in [-0.25, -0.2) is 13.1 Å². The van der Waals surface area contributed by atoms with Crippen molar-refractivity contribution in [2.75, 3.05) is 0 Å². The molecule has 0 saturated heterocycles. The Morgan fingerprint density at radius 2 is 1.84 bits per heavy atom. The third-order valence-corrected chi connectivity index (χ3v) is 5.59. The van der Waals surface area contributed by atoms with Crippen LogP contribution in [0.15, 0.2) is 24.3 Å². The van der Waals surface area contributed by atoms with E-state index >= 15 is 0 Å². The van der Waals surface area contributed by atoms with Crippen LogP contribution in [0.2, 0.25) is 0 Å². The van der Waals surface area contributed by atoms with Gasteiger partial charge in [-0.3, -0.25) is 0 Å². The molecule has 1 aromatic rings. The molecular weight excluding hydrogens is 280 g/mol. The predicted octanol–water partition coefficient (Wildman–Crippen LogP) is 1.68. The van der Waals surface area contributed by atoms with Gasteiger partial charge in [0.2, 0.25) is 10.0 Å². The minimum absolute atomic E-state index is 0.219. The molecule has 0 heterocycles. The van der Waals surface area contributed by atoms with Gasteiger partial charge in [0.05, 0.1) is 5.25 Å². The molecule has 0 amide bonds. The molecule has 2 rings (SSSR count). The number of thiocarbonyl (C=S) groups is 1. The zero-order valence-corrected chi connectivity index (χ0v) is 12.3. The highest BCUT2D eigenvalue weighted by Crippen LogP contribution is 2.24. The first-order valence-electron chi connectivity index (χ1n) is 6.36. The second-order valence-electron chi connectivity index (χ2n) is 4.83. The van der Waals surface area contributed by atoms with Crippen LogP contribution in [0.5, 0.6) is 0 Å².